The van der Waals surface area contributed by atoms with Gasteiger partial charge >= 0.3 is 6.03 Å². The second-order valence-electron chi connectivity index (χ2n) is 5.37. The first-order valence-electron chi connectivity index (χ1n) is 6.32. The van der Waals surface area contributed by atoms with Crippen LogP contribution in [0.4, 0.5) is 4.79 Å². The molecular weight excluding hydrogens is 204 g/mol. The number of hydrogen-bond donors (Lipinski definition) is 2. The van der Waals surface area contributed by atoms with Crippen molar-refractivity contribution < 1.29 is 9.90 Å². The van der Waals surface area contributed by atoms with Crippen LogP contribution in [0.15, 0.2) is 0 Å². The van der Waals surface area contributed by atoms with E-state index in [9.17, 15) is 9.90 Å². The summed E-state index contributed by atoms with van der Waals surface area (Å²) in [5.41, 5.74) is 0. The minimum atomic E-state index is -0.228. The van der Waals surface area contributed by atoms with Crippen LogP contribution in [0.2, 0.25) is 0 Å². The molecule has 2 amide bonds. The van der Waals surface area contributed by atoms with Gasteiger partial charge in [-0.15, -0.1) is 0 Å². The summed E-state index contributed by atoms with van der Waals surface area (Å²) in [6.45, 7) is 5.96. The predicted octanol–water partition coefficient (Wildman–Crippen LogP) is 1.20. The van der Waals surface area contributed by atoms with Gasteiger partial charge in [0.15, 0.2) is 0 Å². The number of aliphatic hydroxyl groups is 1. The molecule has 4 nitrogen and oxygen atoms in total. The maximum Gasteiger partial charge on any atom is 0.317 e. The number of nitrogens with zero attached hydrogens (tertiary/aromatic N) is 1. The van der Waals surface area contributed by atoms with Crippen LogP contribution in [0.1, 0.15) is 33.1 Å². The molecule has 2 aliphatic rings. The topological polar surface area (TPSA) is 52.6 Å². The Labute approximate surface area is 97.0 Å². The van der Waals surface area contributed by atoms with Crippen molar-refractivity contribution >= 4 is 6.03 Å². The smallest absolute Gasteiger partial charge is 0.317 e. The number of urea groups is 1. The van der Waals surface area contributed by atoms with E-state index in [2.05, 4.69) is 19.2 Å². The number of amides is 2. The summed E-state index contributed by atoms with van der Waals surface area (Å²) in [7, 11) is 0. The van der Waals surface area contributed by atoms with Crippen molar-refractivity contribution in [3.63, 3.8) is 0 Å². The monoisotopic (exact) mass is 226 g/mol. The highest BCUT2D eigenvalue weighted by molar-refractivity contribution is 5.76. The number of hydrogen-bond acceptors (Lipinski definition) is 2. The molecule has 0 radical (unpaired) electrons. The van der Waals surface area contributed by atoms with Gasteiger partial charge in [-0.2, -0.15) is 0 Å². The highest BCUT2D eigenvalue weighted by Gasteiger charge is 2.38. The Kier molecular flexibility index (Phi) is 3.38. The molecule has 1 saturated heterocycles. The fourth-order valence-corrected chi connectivity index (χ4v) is 3.09. The van der Waals surface area contributed by atoms with Gasteiger partial charge in [0.1, 0.15) is 0 Å². The third-order valence-corrected chi connectivity index (χ3v) is 3.99. The van der Waals surface area contributed by atoms with E-state index in [0.717, 1.165) is 32.4 Å². The SMILES string of the molecule is CC(C)C1CCC(O)CC1N1CCNC1=O. The molecule has 92 valence electrons. The molecule has 3 atom stereocenters. The molecule has 1 saturated carbocycles. The lowest BCUT2D eigenvalue weighted by molar-refractivity contribution is 0.0340. The van der Waals surface area contributed by atoms with E-state index in [4.69, 9.17) is 0 Å². The lowest BCUT2D eigenvalue weighted by atomic mass is 9.76. The summed E-state index contributed by atoms with van der Waals surface area (Å²) >= 11 is 0. The zero-order valence-electron chi connectivity index (χ0n) is 10.1. The third-order valence-electron chi connectivity index (χ3n) is 3.99. The van der Waals surface area contributed by atoms with Crippen molar-refractivity contribution in [2.24, 2.45) is 11.8 Å². The Bertz CT molecular complexity index is 268. The van der Waals surface area contributed by atoms with Gasteiger partial charge in [0.05, 0.1) is 6.10 Å². The molecule has 16 heavy (non-hydrogen) atoms. The molecule has 0 bridgehead atoms. The van der Waals surface area contributed by atoms with E-state index < -0.39 is 0 Å². The molecule has 1 aliphatic heterocycles. The zero-order chi connectivity index (χ0) is 11.7. The van der Waals surface area contributed by atoms with Crippen LogP contribution in [0.3, 0.4) is 0 Å². The molecule has 0 aromatic carbocycles. The van der Waals surface area contributed by atoms with Gasteiger partial charge in [0.25, 0.3) is 0 Å². The maximum atomic E-state index is 11.7. The number of carbonyl (C=O) groups excluding carboxylic acids is 1. The number of carbonyl (C=O) groups is 1. The highest BCUT2D eigenvalue weighted by atomic mass is 16.3. The van der Waals surface area contributed by atoms with Crippen molar-refractivity contribution in [2.45, 2.75) is 45.3 Å². The van der Waals surface area contributed by atoms with E-state index in [0.29, 0.717) is 11.8 Å². The van der Waals surface area contributed by atoms with Gasteiger partial charge in [-0.05, 0) is 31.1 Å². The number of rotatable bonds is 2. The zero-order valence-corrected chi connectivity index (χ0v) is 10.1. The predicted molar refractivity (Wildman–Crippen MR) is 62.1 cm³/mol. The largest absolute Gasteiger partial charge is 0.393 e. The van der Waals surface area contributed by atoms with Gasteiger partial charge in [-0.1, -0.05) is 13.8 Å². The van der Waals surface area contributed by atoms with Gasteiger partial charge in [-0.3, -0.25) is 0 Å². The molecule has 2 fully saturated rings. The van der Waals surface area contributed by atoms with Gasteiger partial charge < -0.3 is 15.3 Å². The van der Waals surface area contributed by atoms with Crippen LogP contribution >= 0.6 is 0 Å². The standard InChI is InChI=1S/C12H22N2O2/c1-8(2)10-4-3-9(15)7-11(10)14-6-5-13-12(14)16/h8-11,15H,3-7H2,1-2H3,(H,13,16). The van der Waals surface area contributed by atoms with E-state index in [1.807, 2.05) is 4.90 Å². The molecular formula is C12H22N2O2. The van der Waals surface area contributed by atoms with Crippen LogP contribution in [-0.4, -0.2) is 41.3 Å². The Hall–Kier alpha value is -0.770. The fraction of sp³-hybridized carbons (Fsp3) is 0.917. The molecule has 2 rings (SSSR count). The second-order valence-corrected chi connectivity index (χ2v) is 5.37. The van der Waals surface area contributed by atoms with Crippen LogP contribution < -0.4 is 5.32 Å². The van der Waals surface area contributed by atoms with Crippen LogP contribution in [0.5, 0.6) is 0 Å². The Balaban J connectivity index is 2.10. The molecule has 0 spiro atoms. The Morgan fingerprint density at radius 3 is 2.75 bits per heavy atom. The van der Waals surface area contributed by atoms with Crippen LogP contribution in [0.25, 0.3) is 0 Å². The van der Waals surface area contributed by atoms with Crippen molar-refractivity contribution in [1.82, 2.24) is 10.2 Å². The summed E-state index contributed by atoms with van der Waals surface area (Å²) in [6, 6.07) is 0.274. The van der Waals surface area contributed by atoms with E-state index >= 15 is 0 Å². The summed E-state index contributed by atoms with van der Waals surface area (Å²) in [6.07, 6.45) is 2.44. The van der Waals surface area contributed by atoms with Crippen LogP contribution in [-0.2, 0) is 0 Å². The van der Waals surface area contributed by atoms with Crippen molar-refractivity contribution in [1.29, 1.82) is 0 Å². The van der Waals surface area contributed by atoms with Crippen molar-refractivity contribution in [2.75, 3.05) is 13.1 Å². The average molecular weight is 226 g/mol. The minimum absolute atomic E-state index is 0.0461. The molecule has 1 aliphatic carbocycles. The molecule has 4 heteroatoms. The van der Waals surface area contributed by atoms with Gasteiger partial charge in [0, 0.05) is 19.1 Å². The molecule has 1 heterocycles. The Morgan fingerprint density at radius 1 is 1.44 bits per heavy atom. The molecule has 0 aromatic rings. The number of nitrogens with one attached hydrogen (secondary N) is 1. The molecule has 3 unspecified atom stereocenters. The van der Waals surface area contributed by atoms with Crippen molar-refractivity contribution in [3.8, 4) is 0 Å². The fourth-order valence-electron chi connectivity index (χ4n) is 3.09. The summed E-state index contributed by atoms with van der Waals surface area (Å²) in [5, 5.41) is 12.6. The lowest BCUT2D eigenvalue weighted by Gasteiger charge is -2.41. The second kappa shape index (κ2) is 4.62. The maximum absolute atomic E-state index is 11.7. The normalized spacial score (nSPS) is 35.6. The van der Waals surface area contributed by atoms with E-state index in [1.165, 1.54) is 0 Å². The van der Waals surface area contributed by atoms with Gasteiger partial charge in [-0.25, -0.2) is 4.79 Å². The summed E-state index contributed by atoms with van der Waals surface area (Å²) in [4.78, 5) is 13.6. The summed E-state index contributed by atoms with van der Waals surface area (Å²) < 4.78 is 0. The quantitative estimate of drug-likeness (QED) is 0.743. The first-order chi connectivity index (χ1) is 7.59. The van der Waals surface area contributed by atoms with Crippen LogP contribution in [0, 0.1) is 11.8 Å². The molecule has 2 N–H and O–H groups in total. The lowest BCUT2D eigenvalue weighted by Crippen LogP contribution is -2.48. The first kappa shape index (κ1) is 11.7. The van der Waals surface area contributed by atoms with E-state index in [-0.39, 0.29) is 18.2 Å². The van der Waals surface area contributed by atoms with Crippen molar-refractivity contribution in [3.05, 3.63) is 0 Å². The first-order valence-corrected chi connectivity index (χ1v) is 6.32. The highest BCUT2D eigenvalue weighted by Crippen LogP contribution is 2.34. The average Bonchev–Trinajstić information content (AvgIpc) is 2.63. The minimum Gasteiger partial charge on any atom is -0.393 e. The Morgan fingerprint density at radius 2 is 2.19 bits per heavy atom. The number of aliphatic hydroxyl groups excluding tert-OH is 1. The third kappa shape index (κ3) is 2.17. The molecule has 0 aromatic heterocycles. The van der Waals surface area contributed by atoms with E-state index in [1.54, 1.807) is 0 Å². The summed E-state index contributed by atoms with van der Waals surface area (Å²) in [5.74, 6) is 1.11. The van der Waals surface area contributed by atoms with Gasteiger partial charge in [0.2, 0.25) is 0 Å².